The van der Waals surface area contributed by atoms with Gasteiger partial charge in [-0.3, -0.25) is 9.48 Å². The molecule has 0 saturated heterocycles. The topological polar surface area (TPSA) is 70.4 Å². The number of hydrogen-bond donors (Lipinski definition) is 0. The number of hydrogen-bond acceptors (Lipinski definition) is 5. The van der Waals surface area contributed by atoms with Crippen molar-refractivity contribution in [2.75, 3.05) is 0 Å². The second-order valence-corrected chi connectivity index (χ2v) is 6.31. The van der Waals surface area contributed by atoms with Gasteiger partial charge in [-0.1, -0.05) is 0 Å². The molecule has 4 aromatic rings. The van der Waals surface area contributed by atoms with Gasteiger partial charge < -0.3 is 13.6 Å². The maximum Gasteiger partial charge on any atom is 0.235 e. The molecule has 26 heavy (non-hydrogen) atoms. The van der Waals surface area contributed by atoms with Crippen LogP contribution in [-0.4, -0.2) is 9.78 Å². The van der Waals surface area contributed by atoms with Gasteiger partial charge in [0.25, 0.3) is 0 Å². The van der Waals surface area contributed by atoms with E-state index in [-0.39, 0.29) is 17.8 Å². The third-order valence-electron chi connectivity index (χ3n) is 4.35. The fourth-order valence-corrected chi connectivity index (χ4v) is 2.84. The van der Waals surface area contributed by atoms with E-state index < -0.39 is 0 Å². The maximum absolute atomic E-state index is 13.1. The van der Waals surface area contributed by atoms with Gasteiger partial charge in [-0.05, 0) is 49.2 Å². The Morgan fingerprint density at radius 1 is 1.23 bits per heavy atom. The molecule has 0 amide bonds. The Balaban J connectivity index is 1.87. The molecule has 0 fully saturated rings. The normalized spacial score (nSPS) is 11.2. The predicted octanol–water partition coefficient (Wildman–Crippen LogP) is 3.98. The van der Waals surface area contributed by atoms with Crippen LogP contribution in [0.3, 0.4) is 0 Å². The first-order valence-electron chi connectivity index (χ1n) is 8.25. The van der Waals surface area contributed by atoms with Crippen LogP contribution in [0, 0.1) is 13.8 Å². The van der Waals surface area contributed by atoms with Gasteiger partial charge in [0, 0.05) is 18.8 Å². The van der Waals surface area contributed by atoms with Crippen LogP contribution in [0.1, 0.15) is 16.7 Å². The first-order chi connectivity index (χ1) is 12.5. The number of fused-ring (bicyclic) bond motifs is 1. The minimum Gasteiger partial charge on any atom is -0.481 e. The van der Waals surface area contributed by atoms with Gasteiger partial charge in [0.15, 0.2) is 5.76 Å². The van der Waals surface area contributed by atoms with Crippen molar-refractivity contribution in [3.05, 3.63) is 69.8 Å². The van der Waals surface area contributed by atoms with E-state index in [9.17, 15) is 4.79 Å². The average molecular weight is 350 g/mol. The second-order valence-electron chi connectivity index (χ2n) is 6.31. The van der Waals surface area contributed by atoms with Crippen molar-refractivity contribution in [2.45, 2.75) is 20.5 Å². The van der Waals surface area contributed by atoms with Crippen molar-refractivity contribution in [3.8, 4) is 17.3 Å². The molecule has 4 rings (SSSR count). The van der Waals surface area contributed by atoms with Crippen molar-refractivity contribution in [1.29, 1.82) is 0 Å². The first-order valence-corrected chi connectivity index (χ1v) is 8.25. The summed E-state index contributed by atoms with van der Waals surface area (Å²) in [5.74, 6) is 0.877. The highest BCUT2D eigenvalue weighted by Crippen LogP contribution is 2.32. The summed E-state index contributed by atoms with van der Waals surface area (Å²) in [7, 11) is 1.83. The molecule has 0 atom stereocenters. The van der Waals surface area contributed by atoms with E-state index in [1.165, 1.54) is 6.26 Å². The number of ether oxygens (including phenoxy) is 1. The highest BCUT2D eigenvalue weighted by molar-refractivity contribution is 5.82. The minimum atomic E-state index is -0.218. The van der Waals surface area contributed by atoms with Gasteiger partial charge in [0.2, 0.25) is 16.9 Å². The van der Waals surface area contributed by atoms with Crippen LogP contribution in [-0.2, 0) is 13.7 Å². The summed E-state index contributed by atoms with van der Waals surface area (Å²) in [5, 5.41) is 4.60. The Morgan fingerprint density at radius 2 is 2.04 bits per heavy atom. The number of rotatable bonds is 4. The third-order valence-corrected chi connectivity index (χ3v) is 4.35. The van der Waals surface area contributed by atoms with Crippen molar-refractivity contribution >= 4 is 11.0 Å². The van der Waals surface area contributed by atoms with Crippen LogP contribution in [0.2, 0.25) is 0 Å². The fraction of sp³-hybridized carbons (Fsp3) is 0.200. The summed E-state index contributed by atoms with van der Waals surface area (Å²) in [4.78, 5) is 13.1. The molecule has 132 valence electrons. The van der Waals surface area contributed by atoms with E-state index in [1.54, 1.807) is 23.0 Å². The summed E-state index contributed by atoms with van der Waals surface area (Å²) in [6.07, 6.45) is 5.07. The highest BCUT2D eigenvalue weighted by Gasteiger charge is 2.20. The summed E-state index contributed by atoms with van der Waals surface area (Å²) < 4.78 is 19.0. The molecule has 0 radical (unpaired) electrons. The molecule has 0 aliphatic carbocycles. The van der Waals surface area contributed by atoms with E-state index in [2.05, 4.69) is 5.10 Å². The molecule has 0 unspecified atom stereocenters. The molecule has 3 aromatic heterocycles. The Hall–Kier alpha value is -3.28. The van der Waals surface area contributed by atoms with E-state index >= 15 is 0 Å². The van der Waals surface area contributed by atoms with Gasteiger partial charge in [-0.2, -0.15) is 5.10 Å². The lowest BCUT2D eigenvalue weighted by Gasteiger charge is -2.11. The quantitative estimate of drug-likeness (QED) is 0.557. The SMILES string of the molecule is Cc1cc2oc(-c3ccco3)c(OCc3cnn(C)c3)c(=O)c2cc1C. The zero-order chi connectivity index (χ0) is 18.3. The number of aryl methyl sites for hydroxylation is 3. The largest absolute Gasteiger partial charge is 0.481 e. The second kappa shape index (κ2) is 6.22. The highest BCUT2D eigenvalue weighted by atomic mass is 16.5. The van der Waals surface area contributed by atoms with E-state index in [4.69, 9.17) is 13.6 Å². The molecular weight excluding hydrogens is 332 g/mol. The van der Waals surface area contributed by atoms with Crippen molar-refractivity contribution in [2.24, 2.45) is 7.05 Å². The number of nitrogens with zero attached hydrogens (tertiary/aromatic N) is 2. The van der Waals surface area contributed by atoms with Crippen LogP contribution >= 0.6 is 0 Å². The third kappa shape index (κ3) is 2.79. The Morgan fingerprint density at radius 3 is 2.73 bits per heavy atom. The lowest BCUT2D eigenvalue weighted by atomic mass is 10.1. The predicted molar refractivity (Wildman–Crippen MR) is 97.2 cm³/mol. The Labute approximate surface area is 149 Å². The van der Waals surface area contributed by atoms with Gasteiger partial charge in [-0.25, -0.2) is 0 Å². The molecule has 6 nitrogen and oxygen atoms in total. The number of aromatic nitrogens is 2. The summed E-state index contributed by atoms with van der Waals surface area (Å²) >= 11 is 0. The molecule has 0 aliphatic rings. The van der Waals surface area contributed by atoms with Gasteiger partial charge in [0.1, 0.15) is 12.2 Å². The smallest absolute Gasteiger partial charge is 0.235 e. The molecular formula is C20H18N2O4. The van der Waals surface area contributed by atoms with E-state index in [0.29, 0.717) is 22.5 Å². The molecule has 1 aromatic carbocycles. The molecule has 0 saturated carbocycles. The van der Waals surface area contributed by atoms with E-state index in [0.717, 1.165) is 16.7 Å². The molecule has 0 N–H and O–H groups in total. The monoisotopic (exact) mass is 350 g/mol. The Bertz CT molecular complexity index is 1140. The van der Waals surface area contributed by atoms with Crippen molar-refractivity contribution in [3.63, 3.8) is 0 Å². The van der Waals surface area contributed by atoms with E-state index in [1.807, 2.05) is 39.2 Å². The van der Waals surface area contributed by atoms with Crippen LogP contribution in [0.4, 0.5) is 0 Å². The maximum atomic E-state index is 13.1. The minimum absolute atomic E-state index is 0.138. The summed E-state index contributed by atoms with van der Waals surface area (Å²) in [6.45, 7) is 4.15. The van der Waals surface area contributed by atoms with Crippen LogP contribution in [0.25, 0.3) is 22.5 Å². The standard InChI is InChI=1S/C20H18N2O4/c1-12-7-15-17(8-13(12)2)26-19(16-5-4-6-24-16)20(18(15)23)25-11-14-9-21-22(3)10-14/h4-10H,11H2,1-3H3. The van der Waals surface area contributed by atoms with Gasteiger partial charge in [0.05, 0.1) is 17.8 Å². The lowest BCUT2D eigenvalue weighted by molar-refractivity contribution is 0.296. The average Bonchev–Trinajstić information content (AvgIpc) is 3.27. The van der Waals surface area contributed by atoms with Crippen LogP contribution in [0.5, 0.6) is 5.75 Å². The molecule has 6 heteroatoms. The van der Waals surface area contributed by atoms with Gasteiger partial charge >= 0.3 is 0 Å². The zero-order valence-electron chi connectivity index (χ0n) is 14.8. The summed E-state index contributed by atoms with van der Waals surface area (Å²) in [5.41, 5.74) is 3.23. The number of benzene rings is 1. The molecule has 0 spiro atoms. The summed E-state index contributed by atoms with van der Waals surface area (Å²) in [6, 6.07) is 7.18. The van der Waals surface area contributed by atoms with Crippen molar-refractivity contribution in [1.82, 2.24) is 9.78 Å². The zero-order valence-corrected chi connectivity index (χ0v) is 14.8. The van der Waals surface area contributed by atoms with Gasteiger partial charge in [-0.15, -0.1) is 0 Å². The van der Waals surface area contributed by atoms with Crippen LogP contribution < -0.4 is 10.2 Å². The number of furan rings is 1. The fourth-order valence-electron chi connectivity index (χ4n) is 2.84. The molecule has 3 heterocycles. The van der Waals surface area contributed by atoms with Crippen molar-refractivity contribution < 1.29 is 13.6 Å². The van der Waals surface area contributed by atoms with Crippen LogP contribution in [0.15, 0.2) is 56.6 Å². The lowest BCUT2D eigenvalue weighted by Crippen LogP contribution is -2.10. The molecule has 0 aliphatic heterocycles. The first kappa shape index (κ1) is 16.2. The molecule has 0 bridgehead atoms. The Kier molecular flexibility index (Phi) is 3.88.